The van der Waals surface area contributed by atoms with Gasteiger partial charge in [-0.05, 0) is 18.9 Å². The Morgan fingerprint density at radius 1 is 1.32 bits per heavy atom. The molecule has 4 nitrogen and oxygen atoms in total. The van der Waals surface area contributed by atoms with Crippen LogP contribution in [0.3, 0.4) is 0 Å². The molecule has 1 aromatic rings. The van der Waals surface area contributed by atoms with E-state index in [-0.39, 0.29) is 18.6 Å². The molecule has 1 fully saturated rings. The van der Waals surface area contributed by atoms with Crippen molar-refractivity contribution >= 4 is 34.8 Å². The Hall–Kier alpha value is -1.13. The lowest BCUT2D eigenvalue weighted by molar-refractivity contribution is -0.123. The van der Waals surface area contributed by atoms with E-state index in [1.54, 1.807) is 0 Å². The Labute approximate surface area is 122 Å². The number of benzene rings is 1. The number of amides is 1. The van der Waals surface area contributed by atoms with E-state index in [2.05, 4.69) is 5.32 Å². The molecule has 0 spiro atoms. The third-order valence-corrected chi connectivity index (χ3v) is 3.85. The maximum Gasteiger partial charge on any atom is 0.258 e. The lowest BCUT2D eigenvalue weighted by Gasteiger charge is -2.13. The van der Waals surface area contributed by atoms with Crippen molar-refractivity contribution in [2.24, 2.45) is 0 Å². The summed E-state index contributed by atoms with van der Waals surface area (Å²) in [5, 5.41) is 3.64. The zero-order valence-corrected chi connectivity index (χ0v) is 11.9. The van der Waals surface area contributed by atoms with Gasteiger partial charge in [0.1, 0.15) is 5.75 Å². The van der Waals surface area contributed by atoms with E-state index in [4.69, 9.17) is 33.7 Å². The average molecular weight is 303 g/mol. The van der Waals surface area contributed by atoms with Crippen LogP contribution in [0.5, 0.6) is 5.75 Å². The molecular formula is C13H16Cl2N2O2. The number of nitrogen functional groups attached to an aromatic ring is 1. The maximum atomic E-state index is 11.7. The van der Waals surface area contributed by atoms with Gasteiger partial charge < -0.3 is 15.8 Å². The fraction of sp³-hybridized carbons (Fsp3) is 0.462. The number of carbonyl (C=O) groups is 1. The first-order valence-electron chi connectivity index (χ1n) is 6.23. The van der Waals surface area contributed by atoms with Crippen molar-refractivity contribution in [3.05, 3.63) is 22.2 Å². The molecule has 104 valence electrons. The summed E-state index contributed by atoms with van der Waals surface area (Å²) in [4.78, 5) is 11.7. The number of rotatable bonds is 4. The normalized spacial score (nSPS) is 15.5. The predicted octanol–water partition coefficient (Wildman–Crippen LogP) is 3.01. The smallest absolute Gasteiger partial charge is 0.258 e. The van der Waals surface area contributed by atoms with Gasteiger partial charge in [-0.2, -0.15) is 0 Å². The molecule has 0 unspecified atom stereocenters. The van der Waals surface area contributed by atoms with Crippen molar-refractivity contribution in [2.75, 3.05) is 12.3 Å². The van der Waals surface area contributed by atoms with Crippen LogP contribution in [0, 0.1) is 0 Å². The second-order valence-electron chi connectivity index (χ2n) is 4.64. The van der Waals surface area contributed by atoms with E-state index < -0.39 is 0 Å². The van der Waals surface area contributed by atoms with Crippen molar-refractivity contribution < 1.29 is 9.53 Å². The quantitative estimate of drug-likeness (QED) is 0.840. The molecule has 3 N–H and O–H groups in total. The monoisotopic (exact) mass is 302 g/mol. The number of ether oxygens (including phenoxy) is 1. The van der Waals surface area contributed by atoms with E-state index >= 15 is 0 Å². The van der Waals surface area contributed by atoms with Crippen molar-refractivity contribution in [3.8, 4) is 5.75 Å². The topological polar surface area (TPSA) is 64.3 Å². The highest BCUT2D eigenvalue weighted by molar-refractivity contribution is 6.42. The third kappa shape index (κ3) is 3.91. The molecule has 6 heteroatoms. The van der Waals surface area contributed by atoms with Crippen LogP contribution >= 0.6 is 23.2 Å². The zero-order chi connectivity index (χ0) is 13.8. The number of hydrogen-bond acceptors (Lipinski definition) is 3. The highest BCUT2D eigenvalue weighted by atomic mass is 35.5. The standard InChI is InChI=1S/C13H16Cl2N2O2/c14-9-5-11(16)12(6-10(9)15)19-7-13(18)17-8-3-1-2-4-8/h5-6,8H,1-4,7,16H2,(H,17,18). The number of halogens is 2. The lowest BCUT2D eigenvalue weighted by Crippen LogP contribution is -2.36. The van der Waals surface area contributed by atoms with E-state index in [1.807, 2.05) is 0 Å². The van der Waals surface area contributed by atoms with Crippen molar-refractivity contribution in [2.45, 2.75) is 31.7 Å². The Balaban J connectivity index is 1.87. The molecule has 0 saturated heterocycles. The minimum absolute atomic E-state index is 0.0708. The van der Waals surface area contributed by atoms with Crippen LogP contribution in [0.25, 0.3) is 0 Å². The second kappa shape index (κ2) is 6.35. The molecule has 1 amide bonds. The highest BCUT2D eigenvalue weighted by Gasteiger charge is 2.17. The molecule has 2 rings (SSSR count). The zero-order valence-electron chi connectivity index (χ0n) is 10.4. The summed E-state index contributed by atoms with van der Waals surface area (Å²) in [6, 6.07) is 3.30. The van der Waals surface area contributed by atoms with E-state index in [9.17, 15) is 4.79 Å². The fourth-order valence-electron chi connectivity index (χ4n) is 2.15. The van der Waals surface area contributed by atoms with Crippen LogP contribution in [0.2, 0.25) is 10.0 Å². The number of nitrogens with one attached hydrogen (secondary N) is 1. The van der Waals surface area contributed by atoms with E-state index in [0.29, 0.717) is 21.5 Å². The first-order valence-corrected chi connectivity index (χ1v) is 6.98. The van der Waals surface area contributed by atoms with Gasteiger partial charge in [-0.3, -0.25) is 4.79 Å². The van der Waals surface area contributed by atoms with E-state index in [0.717, 1.165) is 12.8 Å². The molecular weight excluding hydrogens is 287 g/mol. The molecule has 1 aliphatic rings. The molecule has 0 bridgehead atoms. The fourth-order valence-corrected chi connectivity index (χ4v) is 2.48. The molecule has 0 aromatic heterocycles. The Bertz CT molecular complexity index is 474. The number of nitrogens with two attached hydrogens (primary N) is 1. The van der Waals surface area contributed by atoms with Crippen LogP contribution in [0.4, 0.5) is 5.69 Å². The van der Waals surface area contributed by atoms with Gasteiger partial charge in [0.2, 0.25) is 0 Å². The second-order valence-corrected chi connectivity index (χ2v) is 5.46. The summed E-state index contributed by atoms with van der Waals surface area (Å²) in [7, 11) is 0. The SMILES string of the molecule is Nc1cc(Cl)c(Cl)cc1OCC(=O)NC1CCCC1. The first-order chi connectivity index (χ1) is 9.06. The van der Waals surface area contributed by atoms with Gasteiger partial charge in [-0.1, -0.05) is 36.0 Å². The van der Waals surface area contributed by atoms with Gasteiger partial charge in [-0.15, -0.1) is 0 Å². The largest absolute Gasteiger partial charge is 0.482 e. The summed E-state index contributed by atoms with van der Waals surface area (Å²) in [5.41, 5.74) is 6.10. The molecule has 19 heavy (non-hydrogen) atoms. The number of hydrogen-bond donors (Lipinski definition) is 2. The van der Waals surface area contributed by atoms with E-state index in [1.165, 1.54) is 25.0 Å². The molecule has 0 heterocycles. The average Bonchev–Trinajstić information content (AvgIpc) is 2.85. The van der Waals surface area contributed by atoms with Crippen LogP contribution in [-0.4, -0.2) is 18.6 Å². The van der Waals surface area contributed by atoms with Crippen molar-refractivity contribution in [3.63, 3.8) is 0 Å². The summed E-state index contributed by atoms with van der Waals surface area (Å²) in [6.45, 7) is -0.0708. The van der Waals surface area contributed by atoms with Crippen LogP contribution in [0.15, 0.2) is 12.1 Å². The van der Waals surface area contributed by atoms with Gasteiger partial charge in [-0.25, -0.2) is 0 Å². The lowest BCUT2D eigenvalue weighted by atomic mass is 10.2. The molecule has 0 atom stereocenters. The van der Waals surface area contributed by atoms with Gasteiger partial charge in [0, 0.05) is 12.1 Å². The Kier molecular flexibility index (Phi) is 4.77. The summed E-state index contributed by atoms with van der Waals surface area (Å²) in [6.07, 6.45) is 4.43. The van der Waals surface area contributed by atoms with Crippen LogP contribution in [-0.2, 0) is 4.79 Å². The molecule has 1 aliphatic carbocycles. The summed E-state index contributed by atoms with van der Waals surface area (Å²) in [5.74, 6) is 0.230. The van der Waals surface area contributed by atoms with Crippen molar-refractivity contribution in [1.29, 1.82) is 0 Å². The summed E-state index contributed by atoms with van der Waals surface area (Å²) < 4.78 is 5.36. The number of carbonyl (C=O) groups excluding carboxylic acids is 1. The molecule has 0 aliphatic heterocycles. The van der Waals surface area contributed by atoms with Gasteiger partial charge in [0.25, 0.3) is 5.91 Å². The third-order valence-electron chi connectivity index (χ3n) is 3.13. The van der Waals surface area contributed by atoms with Gasteiger partial charge >= 0.3 is 0 Å². The minimum atomic E-state index is -0.141. The minimum Gasteiger partial charge on any atom is -0.482 e. The highest BCUT2D eigenvalue weighted by Crippen LogP contribution is 2.32. The molecule has 0 radical (unpaired) electrons. The Morgan fingerprint density at radius 2 is 1.95 bits per heavy atom. The predicted molar refractivity (Wildman–Crippen MR) is 76.8 cm³/mol. The van der Waals surface area contributed by atoms with Crippen molar-refractivity contribution in [1.82, 2.24) is 5.32 Å². The van der Waals surface area contributed by atoms with Crippen LogP contribution < -0.4 is 15.8 Å². The summed E-state index contributed by atoms with van der Waals surface area (Å²) >= 11 is 11.7. The van der Waals surface area contributed by atoms with Gasteiger partial charge in [0.15, 0.2) is 6.61 Å². The molecule has 1 saturated carbocycles. The molecule has 1 aromatic carbocycles. The van der Waals surface area contributed by atoms with Crippen LogP contribution in [0.1, 0.15) is 25.7 Å². The van der Waals surface area contributed by atoms with Gasteiger partial charge in [0.05, 0.1) is 15.7 Å². The maximum absolute atomic E-state index is 11.7. The first kappa shape index (κ1) is 14.3. The Morgan fingerprint density at radius 3 is 2.63 bits per heavy atom. The number of anilines is 1.